The monoisotopic (exact) mass is 345 g/mol. The van der Waals surface area contributed by atoms with Crippen LogP contribution in [0.15, 0.2) is 52.0 Å². The maximum absolute atomic E-state index is 12.3. The summed E-state index contributed by atoms with van der Waals surface area (Å²) in [6, 6.07) is 8.94. The number of aryl methyl sites for hydroxylation is 1. The van der Waals surface area contributed by atoms with Crippen LogP contribution in [0.25, 0.3) is 10.9 Å². The van der Waals surface area contributed by atoms with Crippen LogP contribution in [-0.4, -0.2) is 15.5 Å². The Kier molecular flexibility index (Phi) is 3.39. The number of nitrogens with zero attached hydrogens (tertiary/aromatic N) is 1. The van der Waals surface area contributed by atoms with Crippen LogP contribution in [0.1, 0.15) is 10.4 Å². The van der Waals surface area contributed by atoms with Crippen molar-refractivity contribution in [3.05, 3.63) is 63.1 Å². The molecule has 2 aromatic heterocycles. The van der Waals surface area contributed by atoms with Gasteiger partial charge in [-0.15, -0.1) is 0 Å². The van der Waals surface area contributed by atoms with Crippen LogP contribution < -0.4 is 10.9 Å². The predicted octanol–water partition coefficient (Wildman–Crippen LogP) is 2.88. The van der Waals surface area contributed by atoms with Crippen LogP contribution in [0.3, 0.4) is 0 Å². The standard InChI is InChI=1S/C15H12BrN3O2/c1-19-8-11(7-12(16)15(19)21)18-14(20)10-2-3-13-9(6-10)4-5-17-13/h2-8,17H,1H3,(H,18,20). The molecule has 0 aliphatic carbocycles. The zero-order valence-electron chi connectivity index (χ0n) is 11.2. The molecule has 5 nitrogen and oxygen atoms in total. The number of hydrogen-bond donors (Lipinski definition) is 2. The lowest BCUT2D eigenvalue weighted by Crippen LogP contribution is -2.19. The number of benzene rings is 1. The SMILES string of the molecule is Cn1cc(NC(=O)c2ccc3[nH]ccc3c2)cc(Br)c1=O. The van der Waals surface area contributed by atoms with E-state index in [0.717, 1.165) is 10.9 Å². The number of fused-ring (bicyclic) bond motifs is 1. The molecule has 6 heteroatoms. The van der Waals surface area contributed by atoms with Crippen LogP contribution in [0.4, 0.5) is 5.69 Å². The minimum absolute atomic E-state index is 0.151. The number of H-pyrrole nitrogens is 1. The first-order valence-corrected chi connectivity index (χ1v) is 7.08. The van der Waals surface area contributed by atoms with Gasteiger partial charge in [-0.2, -0.15) is 0 Å². The van der Waals surface area contributed by atoms with E-state index < -0.39 is 0 Å². The van der Waals surface area contributed by atoms with Crippen molar-refractivity contribution in [1.82, 2.24) is 9.55 Å². The molecule has 106 valence electrons. The number of aromatic amines is 1. The molecule has 0 unspecified atom stereocenters. The summed E-state index contributed by atoms with van der Waals surface area (Å²) in [4.78, 5) is 26.9. The lowest BCUT2D eigenvalue weighted by atomic mass is 10.1. The van der Waals surface area contributed by atoms with Gasteiger partial charge < -0.3 is 14.9 Å². The van der Waals surface area contributed by atoms with E-state index in [1.807, 2.05) is 24.4 Å². The van der Waals surface area contributed by atoms with Gasteiger partial charge in [0.2, 0.25) is 0 Å². The van der Waals surface area contributed by atoms with Gasteiger partial charge in [0.15, 0.2) is 0 Å². The molecule has 2 N–H and O–H groups in total. The molecule has 21 heavy (non-hydrogen) atoms. The second-order valence-corrected chi connectivity index (χ2v) is 5.58. The van der Waals surface area contributed by atoms with Crippen molar-refractivity contribution in [2.45, 2.75) is 0 Å². The minimum Gasteiger partial charge on any atom is -0.361 e. The third-order valence-corrected chi connectivity index (χ3v) is 3.78. The number of aromatic nitrogens is 2. The highest BCUT2D eigenvalue weighted by Crippen LogP contribution is 2.17. The maximum atomic E-state index is 12.3. The van der Waals surface area contributed by atoms with E-state index in [2.05, 4.69) is 26.2 Å². The Morgan fingerprint density at radius 2 is 2.10 bits per heavy atom. The zero-order valence-corrected chi connectivity index (χ0v) is 12.8. The van der Waals surface area contributed by atoms with Gasteiger partial charge in [-0.05, 0) is 46.3 Å². The topological polar surface area (TPSA) is 66.9 Å². The fraction of sp³-hybridized carbons (Fsp3) is 0.0667. The van der Waals surface area contributed by atoms with Gasteiger partial charge >= 0.3 is 0 Å². The van der Waals surface area contributed by atoms with Gasteiger partial charge in [0.1, 0.15) is 0 Å². The minimum atomic E-state index is -0.219. The summed E-state index contributed by atoms with van der Waals surface area (Å²) in [6.07, 6.45) is 3.41. The van der Waals surface area contributed by atoms with Crippen LogP contribution in [0, 0.1) is 0 Å². The third kappa shape index (κ3) is 2.62. The number of carbonyl (C=O) groups is 1. The Labute approximate surface area is 128 Å². The van der Waals surface area contributed by atoms with Gasteiger partial charge in [-0.1, -0.05) is 0 Å². The Bertz CT molecular complexity index is 869. The molecule has 0 fully saturated rings. The van der Waals surface area contributed by atoms with Gasteiger partial charge in [-0.3, -0.25) is 9.59 Å². The molecule has 0 bridgehead atoms. The van der Waals surface area contributed by atoms with Crippen LogP contribution >= 0.6 is 15.9 Å². The van der Waals surface area contributed by atoms with Gasteiger partial charge in [0.05, 0.1) is 10.2 Å². The van der Waals surface area contributed by atoms with Crippen molar-refractivity contribution >= 4 is 38.4 Å². The average Bonchev–Trinajstić information content (AvgIpc) is 2.91. The maximum Gasteiger partial charge on any atom is 0.264 e. The number of halogens is 1. The molecule has 2 heterocycles. The highest BCUT2D eigenvalue weighted by atomic mass is 79.9. The lowest BCUT2D eigenvalue weighted by Gasteiger charge is -2.08. The first-order valence-electron chi connectivity index (χ1n) is 6.29. The van der Waals surface area contributed by atoms with E-state index in [-0.39, 0.29) is 11.5 Å². The molecule has 3 aromatic rings. The number of carbonyl (C=O) groups excluding carboxylic acids is 1. The fourth-order valence-corrected chi connectivity index (χ4v) is 2.66. The number of hydrogen-bond acceptors (Lipinski definition) is 2. The molecule has 0 aliphatic heterocycles. The highest BCUT2D eigenvalue weighted by Gasteiger charge is 2.09. The Morgan fingerprint density at radius 1 is 1.29 bits per heavy atom. The van der Waals surface area contributed by atoms with E-state index in [1.165, 1.54) is 4.57 Å². The normalized spacial score (nSPS) is 10.8. The second-order valence-electron chi connectivity index (χ2n) is 4.73. The summed E-state index contributed by atoms with van der Waals surface area (Å²) in [5.41, 5.74) is 1.95. The Hall–Kier alpha value is -2.34. The molecule has 0 saturated carbocycles. The number of rotatable bonds is 2. The third-order valence-electron chi connectivity index (χ3n) is 3.21. The van der Waals surface area contributed by atoms with E-state index in [0.29, 0.717) is 15.7 Å². The number of nitrogens with one attached hydrogen (secondary N) is 2. The van der Waals surface area contributed by atoms with E-state index in [4.69, 9.17) is 0 Å². The second kappa shape index (κ2) is 5.21. The quantitative estimate of drug-likeness (QED) is 0.749. The van der Waals surface area contributed by atoms with Crippen LogP contribution in [-0.2, 0) is 7.05 Å². The van der Waals surface area contributed by atoms with Crippen molar-refractivity contribution in [3.8, 4) is 0 Å². The van der Waals surface area contributed by atoms with Gasteiger partial charge in [-0.25, -0.2) is 0 Å². The van der Waals surface area contributed by atoms with Gasteiger partial charge in [0, 0.05) is 35.9 Å². The summed E-state index contributed by atoms with van der Waals surface area (Å²) >= 11 is 3.18. The molecule has 1 amide bonds. The average molecular weight is 346 g/mol. The molecule has 1 aromatic carbocycles. The van der Waals surface area contributed by atoms with Crippen molar-refractivity contribution < 1.29 is 4.79 Å². The lowest BCUT2D eigenvalue weighted by molar-refractivity contribution is 0.102. The highest BCUT2D eigenvalue weighted by molar-refractivity contribution is 9.10. The summed E-state index contributed by atoms with van der Waals surface area (Å²) < 4.78 is 1.82. The van der Waals surface area contributed by atoms with Crippen molar-refractivity contribution in [1.29, 1.82) is 0 Å². The van der Waals surface area contributed by atoms with Crippen LogP contribution in [0.2, 0.25) is 0 Å². The molecule has 0 saturated heterocycles. The Morgan fingerprint density at radius 3 is 2.86 bits per heavy atom. The predicted molar refractivity (Wildman–Crippen MR) is 85.6 cm³/mol. The molecule has 0 aliphatic rings. The summed E-state index contributed by atoms with van der Waals surface area (Å²) in [5, 5.41) is 3.76. The molecule has 3 rings (SSSR count). The molecular weight excluding hydrogens is 334 g/mol. The van der Waals surface area contributed by atoms with E-state index >= 15 is 0 Å². The number of pyridine rings is 1. The first kappa shape index (κ1) is 13.6. The smallest absolute Gasteiger partial charge is 0.264 e. The summed E-state index contributed by atoms with van der Waals surface area (Å²) in [6.45, 7) is 0. The van der Waals surface area contributed by atoms with E-state index in [1.54, 1.807) is 25.4 Å². The van der Waals surface area contributed by atoms with Crippen LogP contribution in [0.5, 0.6) is 0 Å². The Balaban J connectivity index is 1.90. The summed E-state index contributed by atoms with van der Waals surface area (Å²) in [7, 11) is 1.63. The van der Waals surface area contributed by atoms with Crippen molar-refractivity contribution in [3.63, 3.8) is 0 Å². The number of amides is 1. The summed E-state index contributed by atoms with van der Waals surface area (Å²) in [5.74, 6) is -0.219. The van der Waals surface area contributed by atoms with Crippen molar-refractivity contribution in [2.24, 2.45) is 7.05 Å². The first-order chi connectivity index (χ1) is 10.0. The molecular formula is C15H12BrN3O2. The van der Waals surface area contributed by atoms with Crippen molar-refractivity contribution in [2.75, 3.05) is 5.32 Å². The zero-order chi connectivity index (χ0) is 15.0. The van der Waals surface area contributed by atoms with E-state index in [9.17, 15) is 9.59 Å². The van der Waals surface area contributed by atoms with Gasteiger partial charge in [0.25, 0.3) is 11.5 Å². The molecule has 0 radical (unpaired) electrons. The largest absolute Gasteiger partial charge is 0.361 e. The molecule has 0 atom stereocenters. The fourth-order valence-electron chi connectivity index (χ4n) is 2.14. The number of anilines is 1. The molecule has 0 spiro atoms.